The molecule has 0 spiro atoms. The van der Waals surface area contributed by atoms with Gasteiger partial charge in [0.05, 0.1) is 11.6 Å². The van der Waals surface area contributed by atoms with Crippen LogP contribution in [0.15, 0.2) is 54.6 Å². The van der Waals surface area contributed by atoms with E-state index in [1.165, 1.54) is 16.6 Å². The van der Waals surface area contributed by atoms with Crippen LogP contribution in [-0.2, 0) is 6.42 Å². The van der Waals surface area contributed by atoms with Crippen LogP contribution < -0.4 is 9.80 Å². The van der Waals surface area contributed by atoms with Gasteiger partial charge in [0.15, 0.2) is 0 Å². The van der Waals surface area contributed by atoms with Gasteiger partial charge in [-0.15, -0.1) is 0 Å². The molecule has 2 aromatic carbocycles. The van der Waals surface area contributed by atoms with Crippen LogP contribution in [0.3, 0.4) is 0 Å². The number of rotatable bonds is 5. The van der Waals surface area contributed by atoms with E-state index in [-0.39, 0.29) is 6.03 Å². The molecule has 0 bridgehead atoms. The smallest absolute Gasteiger partial charge is 0.324 e. The summed E-state index contributed by atoms with van der Waals surface area (Å²) >= 11 is 0. The molecular weight excluding hydrogens is 422 g/mol. The highest BCUT2D eigenvalue weighted by molar-refractivity contribution is 5.95. The highest BCUT2D eigenvalue weighted by atomic mass is 16.2. The second kappa shape index (κ2) is 8.91. The third kappa shape index (κ3) is 4.00. The summed E-state index contributed by atoms with van der Waals surface area (Å²) in [5, 5.41) is 1.25. The van der Waals surface area contributed by atoms with Crippen molar-refractivity contribution < 1.29 is 4.79 Å². The fourth-order valence-corrected chi connectivity index (χ4v) is 5.83. The summed E-state index contributed by atoms with van der Waals surface area (Å²) in [6.45, 7) is 9.06. The minimum absolute atomic E-state index is 0.189. The zero-order valence-electron chi connectivity index (χ0n) is 20.0. The van der Waals surface area contributed by atoms with E-state index in [1.54, 1.807) is 0 Å². The summed E-state index contributed by atoms with van der Waals surface area (Å²) in [5.41, 5.74) is 5.81. The molecule has 3 fully saturated rings. The Morgan fingerprint density at radius 1 is 0.971 bits per heavy atom. The molecule has 6 heteroatoms. The first kappa shape index (κ1) is 21.4. The fourth-order valence-electron chi connectivity index (χ4n) is 5.83. The van der Waals surface area contributed by atoms with Gasteiger partial charge >= 0.3 is 6.03 Å². The quantitative estimate of drug-likeness (QED) is 0.575. The summed E-state index contributed by atoms with van der Waals surface area (Å²) in [6.07, 6.45) is 3.30. The molecule has 3 aliphatic rings. The van der Waals surface area contributed by atoms with Crippen molar-refractivity contribution >= 4 is 28.3 Å². The van der Waals surface area contributed by atoms with Crippen LogP contribution in [0.1, 0.15) is 24.1 Å². The van der Waals surface area contributed by atoms with Gasteiger partial charge in [-0.1, -0.05) is 18.2 Å². The lowest BCUT2D eigenvalue weighted by Crippen LogP contribution is -2.47. The number of piperazine rings is 1. The van der Waals surface area contributed by atoms with E-state index in [9.17, 15) is 4.79 Å². The number of hydrogen-bond acceptors (Lipinski definition) is 4. The maximum atomic E-state index is 12.8. The fraction of sp³-hybridized carbons (Fsp3) is 0.429. The van der Waals surface area contributed by atoms with Gasteiger partial charge < -0.3 is 9.80 Å². The summed E-state index contributed by atoms with van der Waals surface area (Å²) in [7, 11) is 0. The minimum atomic E-state index is 0.189. The van der Waals surface area contributed by atoms with Crippen molar-refractivity contribution in [1.29, 1.82) is 0 Å². The zero-order valence-corrected chi connectivity index (χ0v) is 20.0. The summed E-state index contributed by atoms with van der Waals surface area (Å²) in [6, 6.07) is 20.0. The van der Waals surface area contributed by atoms with Crippen molar-refractivity contribution in [3.8, 4) is 0 Å². The molecule has 1 aromatic heterocycles. The first-order valence-electron chi connectivity index (χ1n) is 12.7. The van der Waals surface area contributed by atoms with E-state index < -0.39 is 0 Å². The van der Waals surface area contributed by atoms with Gasteiger partial charge in [-0.05, 0) is 68.1 Å². The predicted octanol–water partition coefficient (Wildman–Crippen LogP) is 4.31. The number of amides is 2. The van der Waals surface area contributed by atoms with Gasteiger partial charge in [0.1, 0.15) is 0 Å². The number of carbonyl (C=O) groups is 1. The molecule has 6 nitrogen and oxygen atoms in total. The lowest BCUT2D eigenvalue weighted by molar-refractivity contribution is 0.219. The van der Waals surface area contributed by atoms with E-state index in [2.05, 4.69) is 69.3 Å². The Kier molecular flexibility index (Phi) is 5.61. The van der Waals surface area contributed by atoms with E-state index >= 15 is 0 Å². The number of nitrogens with zero attached hydrogens (tertiary/aromatic N) is 5. The highest BCUT2D eigenvalue weighted by Crippen LogP contribution is 2.31. The van der Waals surface area contributed by atoms with Gasteiger partial charge in [0.2, 0.25) is 0 Å². The van der Waals surface area contributed by atoms with Crippen molar-refractivity contribution in [3.05, 3.63) is 65.9 Å². The molecule has 176 valence electrons. The van der Waals surface area contributed by atoms with Crippen LogP contribution in [0.25, 0.3) is 10.9 Å². The van der Waals surface area contributed by atoms with Crippen LogP contribution in [0.5, 0.6) is 0 Å². The standard InChI is InChI=1S/C28H33N5O/c1-21-10-11-25-26(29-21)8-3-9-27(25)31-17-15-30(16-18-31)14-12-22-5-2-6-23(19-22)33-20-24-7-4-13-32(24)28(33)34/h2-3,5-6,8-11,19,24H,4,7,12-18,20H2,1H3/t24-/m1/s1. The lowest BCUT2D eigenvalue weighted by Gasteiger charge is -2.36. The number of urea groups is 1. The molecule has 34 heavy (non-hydrogen) atoms. The average molecular weight is 456 g/mol. The predicted molar refractivity (Wildman–Crippen MR) is 138 cm³/mol. The maximum absolute atomic E-state index is 12.8. The van der Waals surface area contributed by atoms with Crippen LogP contribution >= 0.6 is 0 Å². The number of pyridine rings is 1. The van der Waals surface area contributed by atoms with Gasteiger partial charge in [0, 0.05) is 68.3 Å². The van der Waals surface area contributed by atoms with E-state index in [0.29, 0.717) is 6.04 Å². The monoisotopic (exact) mass is 455 g/mol. The van der Waals surface area contributed by atoms with Crippen molar-refractivity contribution in [2.75, 3.05) is 55.6 Å². The topological polar surface area (TPSA) is 42.9 Å². The molecular formula is C28H33N5O. The second-order valence-corrected chi connectivity index (χ2v) is 9.93. The zero-order chi connectivity index (χ0) is 23.1. The molecule has 0 aliphatic carbocycles. The Morgan fingerprint density at radius 2 is 1.82 bits per heavy atom. The Morgan fingerprint density at radius 3 is 2.68 bits per heavy atom. The molecule has 3 saturated heterocycles. The number of hydrogen-bond donors (Lipinski definition) is 0. The number of aryl methyl sites for hydroxylation is 1. The molecule has 0 unspecified atom stereocenters. The first-order chi connectivity index (χ1) is 16.7. The molecule has 1 atom stereocenters. The number of benzene rings is 2. The molecule has 3 aromatic rings. The first-order valence-corrected chi connectivity index (χ1v) is 12.7. The third-order valence-electron chi connectivity index (χ3n) is 7.75. The Labute approximate surface area is 201 Å². The van der Waals surface area contributed by atoms with Crippen molar-refractivity contribution in [2.45, 2.75) is 32.2 Å². The molecule has 2 amide bonds. The van der Waals surface area contributed by atoms with Crippen LogP contribution in [0, 0.1) is 6.92 Å². The SMILES string of the molecule is Cc1ccc2c(N3CCN(CCc4cccc(N5C[C@H]6CCCN6C5=O)c4)CC3)cccc2n1. The average Bonchev–Trinajstić information content (AvgIpc) is 3.45. The lowest BCUT2D eigenvalue weighted by atomic mass is 10.1. The summed E-state index contributed by atoms with van der Waals surface area (Å²) in [5.74, 6) is 0. The second-order valence-electron chi connectivity index (χ2n) is 9.93. The third-order valence-corrected chi connectivity index (χ3v) is 7.75. The van der Waals surface area contributed by atoms with Crippen molar-refractivity contribution in [3.63, 3.8) is 0 Å². The Hall–Kier alpha value is -3.12. The van der Waals surface area contributed by atoms with Crippen molar-refractivity contribution in [2.24, 2.45) is 0 Å². The van der Waals surface area contributed by atoms with Crippen LogP contribution in [-0.4, -0.2) is 72.7 Å². The number of anilines is 2. The van der Waals surface area contributed by atoms with E-state index in [0.717, 1.165) is 82.0 Å². The van der Waals surface area contributed by atoms with Gasteiger partial charge in [-0.2, -0.15) is 0 Å². The maximum Gasteiger partial charge on any atom is 0.324 e. The normalized spacial score (nSPS) is 21.0. The molecule has 6 rings (SSSR count). The largest absolute Gasteiger partial charge is 0.368 e. The van der Waals surface area contributed by atoms with Crippen LogP contribution in [0.2, 0.25) is 0 Å². The number of aromatic nitrogens is 1. The highest BCUT2D eigenvalue weighted by Gasteiger charge is 2.40. The van der Waals surface area contributed by atoms with Crippen molar-refractivity contribution in [1.82, 2.24) is 14.8 Å². The van der Waals surface area contributed by atoms with Gasteiger partial charge in [-0.25, -0.2) is 4.79 Å². The summed E-state index contributed by atoms with van der Waals surface area (Å²) < 4.78 is 0. The molecule has 0 saturated carbocycles. The van der Waals surface area contributed by atoms with Gasteiger partial charge in [-0.3, -0.25) is 14.8 Å². The molecule has 3 aliphatic heterocycles. The number of fused-ring (bicyclic) bond motifs is 2. The number of carbonyl (C=O) groups excluding carboxylic acids is 1. The van der Waals surface area contributed by atoms with E-state index in [1.807, 2.05) is 11.8 Å². The van der Waals surface area contributed by atoms with E-state index in [4.69, 9.17) is 4.98 Å². The summed E-state index contributed by atoms with van der Waals surface area (Å²) in [4.78, 5) is 26.6. The minimum Gasteiger partial charge on any atom is -0.368 e. The van der Waals surface area contributed by atoms with Gasteiger partial charge in [0.25, 0.3) is 0 Å². The van der Waals surface area contributed by atoms with Crippen LogP contribution in [0.4, 0.5) is 16.2 Å². The molecule has 0 N–H and O–H groups in total. The molecule has 4 heterocycles. The molecule has 0 radical (unpaired) electrons. The Bertz CT molecular complexity index is 1200. The Balaban J connectivity index is 1.06.